The second-order valence-electron chi connectivity index (χ2n) is 6.77. The van der Waals surface area contributed by atoms with Crippen LogP contribution in [0.1, 0.15) is 65.7 Å². The Morgan fingerprint density at radius 1 is 0.833 bits per heavy atom. The highest BCUT2D eigenvalue weighted by Crippen LogP contribution is 2.36. The molecule has 0 aromatic rings. The molecule has 18 heavy (non-hydrogen) atoms. The molecule has 110 valence electrons. The van der Waals surface area contributed by atoms with E-state index in [1.54, 1.807) is 0 Å². The Balaban J connectivity index is 3.41. The quantitative estimate of drug-likeness (QED) is 0.264. The van der Waals surface area contributed by atoms with Crippen molar-refractivity contribution in [2.24, 2.45) is 0 Å². The summed E-state index contributed by atoms with van der Waals surface area (Å²) in [6, 6.07) is 0. The summed E-state index contributed by atoms with van der Waals surface area (Å²) < 4.78 is 6.17. The largest absolute Gasteiger partial charge is 0.417 e. The van der Waals surface area contributed by atoms with E-state index >= 15 is 0 Å². The van der Waals surface area contributed by atoms with Crippen LogP contribution >= 0.6 is 15.9 Å². The Bertz CT molecular complexity index is 199. The number of halogens is 1. The van der Waals surface area contributed by atoms with Gasteiger partial charge in [-0.15, -0.1) is 0 Å². The fraction of sp³-hybridized carbons (Fsp3) is 1.00. The van der Waals surface area contributed by atoms with Gasteiger partial charge in [-0.3, -0.25) is 0 Å². The van der Waals surface area contributed by atoms with E-state index in [1.165, 1.54) is 44.9 Å². The Labute approximate surface area is 124 Å². The molecule has 0 bridgehead atoms. The average molecular weight is 337 g/mol. The molecular weight excluding hydrogens is 304 g/mol. The summed E-state index contributed by atoms with van der Waals surface area (Å²) >= 11 is 3.47. The lowest BCUT2D eigenvalue weighted by Crippen LogP contribution is -2.40. The summed E-state index contributed by atoms with van der Waals surface area (Å²) in [6.45, 7) is 12.6. The molecule has 0 spiro atoms. The first-order chi connectivity index (χ1) is 8.31. The predicted octanol–water partition coefficient (Wildman–Crippen LogP) is 6.13. The summed E-state index contributed by atoms with van der Waals surface area (Å²) in [5.41, 5.74) is 0. The minimum atomic E-state index is -1.50. The Morgan fingerprint density at radius 3 is 1.72 bits per heavy atom. The van der Waals surface area contributed by atoms with E-state index in [0.717, 1.165) is 11.9 Å². The molecule has 3 heteroatoms. The first kappa shape index (κ1) is 18.7. The van der Waals surface area contributed by atoms with Gasteiger partial charge >= 0.3 is 0 Å². The number of hydrogen-bond donors (Lipinski definition) is 0. The molecule has 0 fully saturated rings. The molecule has 0 aliphatic rings. The van der Waals surface area contributed by atoms with Gasteiger partial charge < -0.3 is 4.43 Å². The van der Waals surface area contributed by atoms with Gasteiger partial charge in [0.2, 0.25) is 0 Å². The van der Waals surface area contributed by atoms with E-state index in [0.29, 0.717) is 5.04 Å². The summed E-state index contributed by atoms with van der Waals surface area (Å²) in [7, 11) is -1.50. The zero-order chi connectivity index (χ0) is 14.1. The van der Waals surface area contributed by atoms with Crippen molar-refractivity contribution in [2.75, 3.05) is 11.9 Å². The fourth-order valence-electron chi connectivity index (χ4n) is 1.62. The number of rotatable bonds is 10. The van der Waals surface area contributed by atoms with Gasteiger partial charge in [0.1, 0.15) is 0 Å². The highest BCUT2D eigenvalue weighted by atomic mass is 79.9. The van der Waals surface area contributed by atoms with Gasteiger partial charge in [0.15, 0.2) is 8.32 Å². The van der Waals surface area contributed by atoms with Crippen molar-refractivity contribution < 1.29 is 4.43 Å². The van der Waals surface area contributed by atoms with E-state index < -0.39 is 8.32 Å². The molecule has 0 aliphatic heterocycles. The lowest BCUT2D eigenvalue weighted by Gasteiger charge is -2.36. The number of unbranched alkanes of at least 4 members (excludes halogenated alkanes) is 6. The third-order valence-corrected chi connectivity index (χ3v) is 9.15. The Kier molecular flexibility index (Phi) is 9.89. The summed E-state index contributed by atoms with van der Waals surface area (Å²) in [6.07, 6.45) is 9.46. The molecule has 0 radical (unpaired) electrons. The first-order valence-electron chi connectivity index (χ1n) is 7.51. The van der Waals surface area contributed by atoms with E-state index in [1.807, 2.05) is 0 Å². The van der Waals surface area contributed by atoms with Crippen molar-refractivity contribution in [3.05, 3.63) is 0 Å². The van der Waals surface area contributed by atoms with Crippen molar-refractivity contribution in [3.63, 3.8) is 0 Å². The number of alkyl halides is 1. The molecule has 0 amide bonds. The van der Waals surface area contributed by atoms with Crippen molar-refractivity contribution in [1.82, 2.24) is 0 Å². The summed E-state index contributed by atoms with van der Waals surface area (Å²) in [5.74, 6) is 0. The van der Waals surface area contributed by atoms with Crippen molar-refractivity contribution in [2.45, 2.75) is 83.8 Å². The summed E-state index contributed by atoms with van der Waals surface area (Å²) in [5, 5.41) is 1.51. The molecule has 0 aromatic carbocycles. The molecular formula is C15H33BrOSi. The predicted molar refractivity (Wildman–Crippen MR) is 89.3 cm³/mol. The normalized spacial score (nSPS) is 13.0. The highest BCUT2D eigenvalue weighted by molar-refractivity contribution is 9.09. The molecule has 0 heterocycles. The maximum absolute atomic E-state index is 6.17. The van der Waals surface area contributed by atoms with Gasteiger partial charge in [-0.2, -0.15) is 0 Å². The van der Waals surface area contributed by atoms with Crippen LogP contribution in [0, 0.1) is 0 Å². The van der Waals surface area contributed by atoms with Gasteiger partial charge in [-0.25, -0.2) is 0 Å². The minimum Gasteiger partial charge on any atom is -0.417 e. The zero-order valence-electron chi connectivity index (χ0n) is 13.2. The van der Waals surface area contributed by atoms with E-state index in [2.05, 4.69) is 49.8 Å². The van der Waals surface area contributed by atoms with Gasteiger partial charge in [0.05, 0.1) is 0 Å². The van der Waals surface area contributed by atoms with Crippen LogP contribution in [0.2, 0.25) is 18.1 Å². The molecule has 0 saturated heterocycles. The zero-order valence-corrected chi connectivity index (χ0v) is 15.7. The van der Waals surface area contributed by atoms with Crippen LogP contribution in [0.15, 0.2) is 0 Å². The van der Waals surface area contributed by atoms with Gasteiger partial charge in [-0.1, -0.05) is 68.8 Å². The first-order valence-corrected chi connectivity index (χ1v) is 11.5. The lowest BCUT2D eigenvalue weighted by molar-refractivity contribution is 0.277. The molecule has 0 atom stereocenters. The van der Waals surface area contributed by atoms with Gasteiger partial charge in [0.25, 0.3) is 0 Å². The highest BCUT2D eigenvalue weighted by Gasteiger charge is 2.36. The van der Waals surface area contributed by atoms with Crippen LogP contribution in [-0.2, 0) is 4.43 Å². The fourth-order valence-corrected chi connectivity index (χ4v) is 3.11. The second-order valence-corrected chi connectivity index (χ2v) is 12.4. The smallest absolute Gasteiger partial charge is 0.191 e. The molecule has 0 unspecified atom stereocenters. The summed E-state index contributed by atoms with van der Waals surface area (Å²) in [4.78, 5) is 0. The van der Waals surface area contributed by atoms with Crippen LogP contribution in [0.5, 0.6) is 0 Å². The lowest BCUT2D eigenvalue weighted by atomic mass is 10.1. The van der Waals surface area contributed by atoms with Gasteiger partial charge in [-0.05, 0) is 31.0 Å². The topological polar surface area (TPSA) is 9.23 Å². The number of hydrogen-bond acceptors (Lipinski definition) is 1. The van der Waals surface area contributed by atoms with E-state index in [-0.39, 0.29) is 0 Å². The van der Waals surface area contributed by atoms with Crippen molar-refractivity contribution >= 4 is 24.2 Å². The molecule has 0 aliphatic carbocycles. The monoisotopic (exact) mass is 336 g/mol. The molecule has 1 nitrogen and oxygen atoms in total. The Morgan fingerprint density at radius 2 is 1.28 bits per heavy atom. The molecule has 0 saturated carbocycles. The van der Waals surface area contributed by atoms with Crippen LogP contribution in [-0.4, -0.2) is 20.3 Å². The third kappa shape index (κ3) is 8.71. The SMILES string of the molecule is CC(C)(C)[Si](C)(C)OCCCCCCCCCBr. The maximum Gasteiger partial charge on any atom is 0.191 e. The average Bonchev–Trinajstić information content (AvgIpc) is 2.25. The maximum atomic E-state index is 6.17. The van der Waals surface area contributed by atoms with Gasteiger partial charge in [0, 0.05) is 11.9 Å². The standard InChI is InChI=1S/C15H33BrOSi/c1-15(2,3)18(4,5)17-14-12-10-8-6-7-9-11-13-16/h6-14H2,1-5H3. The van der Waals surface area contributed by atoms with Crippen LogP contribution in [0.25, 0.3) is 0 Å². The molecule has 0 aromatic heterocycles. The minimum absolute atomic E-state index is 0.350. The van der Waals surface area contributed by atoms with Crippen LogP contribution < -0.4 is 0 Å². The third-order valence-electron chi connectivity index (χ3n) is 4.05. The van der Waals surface area contributed by atoms with Crippen LogP contribution in [0.4, 0.5) is 0 Å². The molecule has 0 N–H and O–H groups in total. The van der Waals surface area contributed by atoms with Crippen molar-refractivity contribution in [3.8, 4) is 0 Å². The second kappa shape index (κ2) is 9.54. The molecule has 0 rings (SSSR count). The Hall–Kier alpha value is 0.657. The van der Waals surface area contributed by atoms with Crippen molar-refractivity contribution in [1.29, 1.82) is 0 Å². The van der Waals surface area contributed by atoms with E-state index in [4.69, 9.17) is 4.43 Å². The van der Waals surface area contributed by atoms with Crippen LogP contribution in [0.3, 0.4) is 0 Å². The van der Waals surface area contributed by atoms with E-state index in [9.17, 15) is 0 Å².